The molecule has 4 heteroatoms. The van der Waals surface area contributed by atoms with Gasteiger partial charge < -0.3 is 10.8 Å². The number of hydrogen-bond acceptors (Lipinski definition) is 3. The molecule has 0 aliphatic heterocycles. The van der Waals surface area contributed by atoms with Crippen LogP contribution >= 0.6 is 27.3 Å². The summed E-state index contributed by atoms with van der Waals surface area (Å²) in [6.07, 6.45) is 0. The van der Waals surface area contributed by atoms with Crippen LogP contribution in [0.25, 0.3) is 10.1 Å². The second-order valence-electron chi connectivity index (χ2n) is 2.43. The fourth-order valence-electron chi connectivity index (χ4n) is 1.11. The first-order valence-corrected chi connectivity index (χ1v) is 4.96. The number of thiophene rings is 1. The maximum Gasteiger partial charge on any atom is 0.125 e. The van der Waals surface area contributed by atoms with Crippen LogP contribution < -0.4 is 5.73 Å². The molecule has 0 amide bonds. The molecule has 0 saturated carbocycles. The van der Waals surface area contributed by atoms with Gasteiger partial charge in [0.1, 0.15) is 10.8 Å². The molecule has 0 aliphatic rings. The minimum atomic E-state index is 0.271. The van der Waals surface area contributed by atoms with Gasteiger partial charge in [0.05, 0.1) is 9.86 Å². The Morgan fingerprint density at radius 3 is 2.83 bits per heavy atom. The van der Waals surface area contributed by atoms with Crippen molar-refractivity contribution in [2.24, 2.45) is 0 Å². The lowest BCUT2D eigenvalue weighted by molar-refractivity contribution is 0.481. The molecule has 62 valence electrons. The number of phenols is 1. The van der Waals surface area contributed by atoms with Gasteiger partial charge in [-0.1, -0.05) is 6.07 Å². The van der Waals surface area contributed by atoms with Crippen LogP contribution in [0.2, 0.25) is 0 Å². The molecule has 0 spiro atoms. The predicted molar refractivity (Wildman–Crippen MR) is 55.6 cm³/mol. The highest BCUT2D eigenvalue weighted by Crippen LogP contribution is 2.41. The van der Waals surface area contributed by atoms with Gasteiger partial charge in [-0.25, -0.2) is 0 Å². The van der Waals surface area contributed by atoms with Crippen molar-refractivity contribution in [1.82, 2.24) is 0 Å². The number of nitrogen functional groups attached to an aromatic ring is 1. The molecule has 0 aliphatic carbocycles. The minimum absolute atomic E-state index is 0.271. The van der Waals surface area contributed by atoms with E-state index >= 15 is 0 Å². The summed E-state index contributed by atoms with van der Waals surface area (Å²) < 4.78 is 1.79. The van der Waals surface area contributed by atoms with E-state index in [-0.39, 0.29) is 5.75 Å². The fraction of sp³-hybridized carbons (Fsp3) is 0. The molecule has 0 unspecified atom stereocenters. The molecule has 0 radical (unpaired) electrons. The minimum Gasteiger partial charge on any atom is -0.507 e. The summed E-state index contributed by atoms with van der Waals surface area (Å²) in [7, 11) is 0. The van der Waals surface area contributed by atoms with Gasteiger partial charge in [0.25, 0.3) is 0 Å². The molecule has 2 rings (SSSR count). The van der Waals surface area contributed by atoms with Crippen LogP contribution in [0.15, 0.2) is 22.7 Å². The molecule has 3 N–H and O–H groups in total. The van der Waals surface area contributed by atoms with Crippen molar-refractivity contribution in [3.63, 3.8) is 0 Å². The van der Waals surface area contributed by atoms with E-state index in [1.165, 1.54) is 11.3 Å². The molecular weight excluding hydrogens is 238 g/mol. The lowest BCUT2D eigenvalue weighted by atomic mass is 10.2. The topological polar surface area (TPSA) is 46.2 Å². The highest BCUT2D eigenvalue weighted by Gasteiger charge is 2.09. The molecule has 1 aromatic carbocycles. The zero-order valence-corrected chi connectivity index (χ0v) is 8.45. The Morgan fingerprint density at radius 2 is 2.17 bits per heavy atom. The first-order chi connectivity index (χ1) is 5.70. The third-order valence-corrected chi connectivity index (χ3v) is 3.73. The summed E-state index contributed by atoms with van der Waals surface area (Å²) in [6, 6.07) is 5.39. The molecule has 0 atom stereocenters. The summed E-state index contributed by atoms with van der Waals surface area (Å²) in [5.41, 5.74) is 5.68. The summed E-state index contributed by atoms with van der Waals surface area (Å²) in [6.45, 7) is 0. The molecule has 12 heavy (non-hydrogen) atoms. The van der Waals surface area contributed by atoms with Crippen molar-refractivity contribution in [1.29, 1.82) is 0 Å². The number of fused-ring (bicyclic) bond motifs is 1. The van der Waals surface area contributed by atoms with E-state index in [4.69, 9.17) is 5.73 Å². The molecule has 1 aromatic heterocycles. The summed E-state index contributed by atoms with van der Waals surface area (Å²) in [4.78, 5) is 0. The van der Waals surface area contributed by atoms with Crippen LogP contribution in [-0.4, -0.2) is 5.11 Å². The van der Waals surface area contributed by atoms with Crippen molar-refractivity contribution in [3.05, 3.63) is 22.7 Å². The van der Waals surface area contributed by atoms with Crippen LogP contribution in [0.3, 0.4) is 0 Å². The second-order valence-corrected chi connectivity index (χ2v) is 4.31. The third-order valence-electron chi connectivity index (χ3n) is 1.66. The number of aromatic hydroxyl groups is 1. The molecule has 1 heterocycles. The monoisotopic (exact) mass is 243 g/mol. The zero-order valence-electron chi connectivity index (χ0n) is 6.04. The summed E-state index contributed by atoms with van der Waals surface area (Å²) in [5, 5.41) is 11.0. The average molecular weight is 244 g/mol. The lowest BCUT2D eigenvalue weighted by Crippen LogP contribution is -1.76. The van der Waals surface area contributed by atoms with Crippen molar-refractivity contribution >= 4 is 42.4 Å². The Hall–Kier alpha value is -0.740. The molecule has 0 bridgehead atoms. The highest BCUT2D eigenvalue weighted by atomic mass is 79.9. The number of hydrogen-bond donors (Lipinski definition) is 2. The fourth-order valence-corrected chi connectivity index (χ4v) is 2.79. The summed E-state index contributed by atoms with van der Waals surface area (Å²) in [5.74, 6) is 0.271. The van der Waals surface area contributed by atoms with E-state index in [0.29, 0.717) is 5.00 Å². The van der Waals surface area contributed by atoms with Crippen molar-refractivity contribution in [3.8, 4) is 5.75 Å². The predicted octanol–water partition coefficient (Wildman–Crippen LogP) is 2.95. The quantitative estimate of drug-likeness (QED) is 0.748. The Balaban J connectivity index is 2.97. The maximum atomic E-state index is 9.49. The van der Waals surface area contributed by atoms with Gasteiger partial charge in [-0.2, -0.15) is 0 Å². The van der Waals surface area contributed by atoms with E-state index in [2.05, 4.69) is 15.9 Å². The number of phenolic OH excluding ortho intramolecular Hbond substituents is 1. The van der Waals surface area contributed by atoms with Crippen LogP contribution in [0.5, 0.6) is 5.75 Å². The van der Waals surface area contributed by atoms with Gasteiger partial charge in [0, 0.05) is 4.70 Å². The normalized spacial score (nSPS) is 10.8. The number of anilines is 1. The van der Waals surface area contributed by atoms with E-state index in [9.17, 15) is 5.11 Å². The molecule has 2 nitrogen and oxygen atoms in total. The van der Waals surface area contributed by atoms with Crippen molar-refractivity contribution in [2.45, 2.75) is 0 Å². The van der Waals surface area contributed by atoms with Gasteiger partial charge in [0.15, 0.2) is 0 Å². The first kappa shape index (κ1) is 7.89. The molecule has 2 aromatic rings. The Labute approximate surface area is 81.8 Å². The maximum absolute atomic E-state index is 9.49. The zero-order chi connectivity index (χ0) is 8.72. The van der Waals surface area contributed by atoms with E-state index in [1.807, 2.05) is 6.07 Å². The smallest absolute Gasteiger partial charge is 0.125 e. The average Bonchev–Trinajstić information content (AvgIpc) is 2.29. The second kappa shape index (κ2) is 2.64. The first-order valence-electron chi connectivity index (χ1n) is 3.35. The van der Waals surface area contributed by atoms with E-state index < -0.39 is 0 Å². The van der Waals surface area contributed by atoms with Crippen molar-refractivity contribution < 1.29 is 5.11 Å². The third kappa shape index (κ3) is 0.990. The van der Waals surface area contributed by atoms with Gasteiger partial charge in [-0.05, 0) is 28.1 Å². The lowest BCUT2D eigenvalue weighted by Gasteiger charge is -1.93. The van der Waals surface area contributed by atoms with E-state index in [1.54, 1.807) is 12.1 Å². The number of halogens is 1. The SMILES string of the molecule is Nc1sc2cccc(O)c2c1Br. The van der Waals surface area contributed by atoms with Crippen molar-refractivity contribution in [2.75, 3.05) is 5.73 Å². The van der Waals surface area contributed by atoms with Crippen LogP contribution in [0.4, 0.5) is 5.00 Å². The number of rotatable bonds is 0. The number of benzene rings is 1. The van der Waals surface area contributed by atoms with Gasteiger partial charge >= 0.3 is 0 Å². The Bertz CT molecular complexity index is 438. The molecular formula is C8H6BrNOS. The van der Waals surface area contributed by atoms with Gasteiger partial charge in [-0.3, -0.25) is 0 Å². The standard InChI is InChI=1S/C8H6BrNOS/c9-7-6-4(11)2-1-3-5(6)12-8(7)10/h1-3,11H,10H2. The Morgan fingerprint density at radius 1 is 1.42 bits per heavy atom. The largest absolute Gasteiger partial charge is 0.507 e. The number of nitrogens with two attached hydrogens (primary N) is 1. The van der Waals surface area contributed by atoms with Gasteiger partial charge in [-0.15, -0.1) is 11.3 Å². The van der Waals surface area contributed by atoms with E-state index in [0.717, 1.165) is 14.6 Å². The highest BCUT2D eigenvalue weighted by molar-refractivity contribution is 9.10. The van der Waals surface area contributed by atoms with Gasteiger partial charge in [0.2, 0.25) is 0 Å². The molecule has 0 fully saturated rings. The van der Waals surface area contributed by atoms with Crippen LogP contribution in [0, 0.1) is 0 Å². The Kier molecular flexibility index (Phi) is 1.73. The van der Waals surface area contributed by atoms with Crippen LogP contribution in [0.1, 0.15) is 0 Å². The van der Waals surface area contributed by atoms with Crippen LogP contribution in [-0.2, 0) is 0 Å². The summed E-state index contributed by atoms with van der Waals surface area (Å²) >= 11 is 4.79. The molecule has 0 saturated heterocycles.